The molecule has 2 heterocycles. The topological polar surface area (TPSA) is 82.8 Å². The maximum atomic E-state index is 12.4. The molecule has 0 fully saturated rings. The SMILES string of the molecule is Cc1noc(C)c1COc1ccc(C(=O)NC[C@@H]2COc3ccccc3O2)cc1. The van der Waals surface area contributed by atoms with E-state index >= 15 is 0 Å². The molecule has 0 saturated heterocycles. The van der Waals surface area contributed by atoms with Gasteiger partial charge in [-0.15, -0.1) is 0 Å². The van der Waals surface area contributed by atoms with E-state index in [4.69, 9.17) is 18.7 Å². The van der Waals surface area contributed by atoms with Crippen LogP contribution in [0.15, 0.2) is 53.1 Å². The number of fused-ring (bicyclic) bond motifs is 1. The fraction of sp³-hybridized carbons (Fsp3) is 0.273. The molecule has 1 aromatic heterocycles. The smallest absolute Gasteiger partial charge is 0.251 e. The summed E-state index contributed by atoms with van der Waals surface area (Å²) in [5.41, 5.74) is 2.30. The number of amides is 1. The number of rotatable bonds is 6. The van der Waals surface area contributed by atoms with E-state index in [0.29, 0.717) is 36.8 Å². The molecule has 7 heteroatoms. The molecule has 3 aromatic rings. The summed E-state index contributed by atoms with van der Waals surface area (Å²) in [4.78, 5) is 12.4. The van der Waals surface area contributed by atoms with E-state index in [1.165, 1.54) is 0 Å². The second-order valence-electron chi connectivity index (χ2n) is 6.82. The highest BCUT2D eigenvalue weighted by Gasteiger charge is 2.21. The molecule has 29 heavy (non-hydrogen) atoms. The van der Waals surface area contributed by atoms with Crippen molar-refractivity contribution in [1.82, 2.24) is 10.5 Å². The van der Waals surface area contributed by atoms with Gasteiger partial charge in [-0.1, -0.05) is 17.3 Å². The summed E-state index contributed by atoms with van der Waals surface area (Å²) in [5.74, 6) is 2.65. The Kier molecular flexibility index (Phi) is 5.37. The molecule has 150 valence electrons. The zero-order chi connectivity index (χ0) is 20.2. The third-order valence-electron chi connectivity index (χ3n) is 4.74. The van der Waals surface area contributed by atoms with Gasteiger partial charge in [0.2, 0.25) is 0 Å². The average molecular weight is 394 g/mol. The minimum Gasteiger partial charge on any atom is -0.489 e. The van der Waals surface area contributed by atoms with Gasteiger partial charge in [-0.2, -0.15) is 0 Å². The van der Waals surface area contributed by atoms with Gasteiger partial charge in [-0.3, -0.25) is 4.79 Å². The second kappa shape index (κ2) is 8.26. The fourth-order valence-corrected chi connectivity index (χ4v) is 3.04. The number of aromatic nitrogens is 1. The van der Waals surface area contributed by atoms with Gasteiger partial charge in [0, 0.05) is 5.56 Å². The minimum atomic E-state index is -0.230. The van der Waals surface area contributed by atoms with Crippen LogP contribution in [-0.2, 0) is 6.61 Å². The number of ether oxygens (including phenoxy) is 3. The second-order valence-corrected chi connectivity index (χ2v) is 6.82. The number of para-hydroxylation sites is 2. The van der Waals surface area contributed by atoms with Crippen molar-refractivity contribution in [3.63, 3.8) is 0 Å². The van der Waals surface area contributed by atoms with Crippen LogP contribution in [0.2, 0.25) is 0 Å². The van der Waals surface area contributed by atoms with Gasteiger partial charge in [0.15, 0.2) is 11.5 Å². The number of benzene rings is 2. The van der Waals surface area contributed by atoms with Crippen molar-refractivity contribution < 1.29 is 23.5 Å². The van der Waals surface area contributed by atoms with Crippen LogP contribution < -0.4 is 19.5 Å². The molecule has 4 rings (SSSR count). The molecule has 0 spiro atoms. The van der Waals surface area contributed by atoms with E-state index in [2.05, 4.69) is 10.5 Å². The first-order chi connectivity index (χ1) is 14.1. The molecule has 0 saturated carbocycles. The van der Waals surface area contributed by atoms with Crippen LogP contribution in [0.4, 0.5) is 0 Å². The maximum Gasteiger partial charge on any atom is 0.251 e. The van der Waals surface area contributed by atoms with Crippen LogP contribution in [0, 0.1) is 13.8 Å². The van der Waals surface area contributed by atoms with Crippen molar-refractivity contribution in [2.45, 2.75) is 26.6 Å². The molecule has 7 nitrogen and oxygen atoms in total. The number of hydrogen-bond acceptors (Lipinski definition) is 6. The van der Waals surface area contributed by atoms with E-state index in [9.17, 15) is 4.79 Å². The summed E-state index contributed by atoms with van der Waals surface area (Å²) in [5, 5.41) is 6.79. The predicted molar refractivity (Wildman–Crippen MR) is 105 cm³/mol. The number of nitrogens with zero attached hydrogens (tertiary/aromatic N) is 1. The zero-order valence-electron chi connectivity index (χ0n) is 16.3. The largest absolute Gasteiger partial charge is 0.489 e. The Morgan fingerprint density at radius 1 is 1.14 bits per heavy atom. The van der Waals surface area contributed by atoms with Crippen LogP contribution >= 0.6 is 0 Å². The molecule has 2 aromatic carbocycles. The van der Waals surface area contributed by atoms with Gasteiger partial charge >= 0.3 is 0 Å². The molecule has 1 N–H and O–H groups in total. The molecule has 1 amide bonds. The summed E-state index contributed by atoms with van der Waals surface area (Å²) in [6, 6.07) is 14.5. The first-order valence-electron chi connectivity index (χ1n) is 9.41. The monoisotopic (exact) mass is 394 g/mol. The number of nitrogens with one attached hydrogen (secondary N) is 1. The van der Waals surface area contributed by atoms with E-state index in [1.54, 1.807) is 24.3 Å². The Morgan fingerprint density at radius 3 is 2.62 bits per heavy atom. The van der Waals surface area contributed by atoms with Crippen LogP contribution in [-0.4, -0.2) is 30.3 Å². The Hall–Kier alpha value is -3.48. The van der Waals surface area contributed by atoms with Gasteiger partial charge < -0.3 is 24.1 Å². The standard InChI is InChI=1S/C22H22N2O5/c1-14-19(15(2)29-24-14)13-26-17-9-7-16(8-10-17)22(25)23-11-18-12-27-20-5-3-4-6-21(20)28-18/h3-10,18H,11-13H2,1-2H3,(H,23,25)/t18-/m1/s1. The van der Waals surface area contributed by atoms with Gasteiger partial charge in [-0.05, 0) is 50.2 Å². The van der Waals surface area contributed by atoms with Crippen molar-refractivity contribution in [3.05, 3.63) is 71.1 Å². The van der Waals surface area contributed by atoms with Crippen LogP contribution in [0.3, 0.4) is 0 Å². The molecular formula is C22H22N2O5. The summed E-state index contributed by atoms with van der Waals surface area (Å²) in [7, 11) is 0. The predicted octanol–water partition coefficient (Wildman–Crippen LogP) is 3.44. The number of carbonyl (C=O) groups is 1. The highest BCUT2D eigenvalue weighted by molar-refractivity contribution is 5.94. The summed E-state index contributed by atoms with van der Waals surface area (Å²) in [6.45, 7) is 4.85. The Bertz CT molecular complexity index is 977. The lowest BCUT2D eigenvalue weighted by molar-refractivity contribution is 0.0789. The highest BCUT2D eigenvalue weighted by Crippen LogP contribution is 2.30. The lowest BCUT2D eigenvalue weighted by atomic mass is 10.2. The molecule has 0 bridgehead atoms. The Labute approximate surface area is 168 Å². The van der Waals surface area contributed by atoms with E-state index in [0.717, 1.165) is 22.8 Å². The molecule has 0 aliphatic carbocycles. The maximum absolute atomic E-state index is 12.4. The summed E-state index contributed by atoms with van der Waals surface area (Å²) < 4.78 is 22.4. The van der Waals surface area contributed by atoms with Gasteiger partial charge in [0.1, 0.15) is 30.8 Å². The van der Waals surface area contributed by atoms with Crippen molar-refractivity contribution in [3.8, 4) is 17.2 Å². The Balaban J connectivity index is 1.28. The number of aryl methyl sites for hydroxylation is 2. The number of carbonyl (C=O) groups excluding carboxylic acids is 1. The van der Waals surface area contributed by atoms with Crippen molar-refractivity contribution in [2.24, 2.45) is 0 Å². The van der Waals surface area contributed by atoms with Gasteiger partial charge in [-0.25, -0.2) is 0 Å². The normalized spacial score (nSPS) is 15.0. The molecule has 1 aliphatic rings. The first kappa shape index (κ1) is 18.9. The molecule has 0 unspecified atom stereocenters. The average Bonchev–Trinajstić information content (AvgIpc) is 3.08. The van der Waals surface area contributed by atoms with Crippen molar-refractivity contribution in [2.75, 3.05) is 13.2 Å². The zero-order valence-corrected chi connectivity index (χ0v) is 16.3. The first-order valence-corrected chi connectivity index (χ1v) is 9.41. The van der Waals surface area contributed by atoms with Crippen LogP contribution in [0.25, 0.3) is 0 Å². The quantitative estimate of drug-likeness (QED) is 0.690. The third-order valence-corrected chi connectivity index (χ3v) is 4.74. The fourth-order valence-electron chi connectivity index (χ4n) is 3.04. The van der Waals surface area contributed by atoms with Gasteiger partial charge in [0.05, 0.1) is 17.8 Å². The van der Waals surface area contributed by atoms with Crippen molar-refractivity contribution >= 4 is 5.91 Å². The highest BCUT2D eigenvalue weighted by atomic mass is 16.6. The lowest BCUT2D eigenvalue weighted by Crippen LogP contribution is -2.40. The molecular weight excluding hydrogens is 372 g/mol. The van der Waals surface area contributed by atoms with E-state index in [1.807, 2.05) is 38.1 Å². The minimum absolute atomic E-state index is 0.176. The third kappa shape index (κ3) is 4.34. The van der Waals surface area contributed by atoms with E-state index in [-0.39, 0.29) is 12.0 Å². The van der Waals surface area contributed by atoms with Crippen LogP contribution in [0.5, 0.6) is 17.2 Å². The lowest BCUT2D eigenvalue weighted by Gasteiger charge is -2.26. The summed E-state index contributed by atoms with van der Waals surface area (Å²) >= 11 is 0. The number of hydrogen-bond donors (Lipinski definition) is 1. The Morgan fingerprint density at radius 2 is 1.90 bits per heavy atom. The molecule has 1 atom stereocenters. The van der Waals surface area contributed by atoms with Gasteiger partial charge in [0.25, 0.3) is 5.91 Å². The molecule has 0 radical (unpaired) electrons. The molecule has 1 aliphatic heterocycles. The van der Waals surface area contributed by atoms with Crippen molar-refractivity contribution in [1.29, 1.82) is 0 Å². The summed E-state index contributed by atoms with van der Waals surface area (Å²) in [6.07, 6.45) is -0.230. The van der Waals surface area contributed by atoms with Crippen LogP contribution in [0.1, 0.15) is 27.4 Å². The van der Waals surface area contributed by atoms with E-state index < -0.39 is 0 Å².